The number of aliphatic hydroxyl groups excluding tert-OH is 2. The lowest BCUT2D eigenvalue weighted by molar-refractivity contribution is 0.0593. The molecule has 0 bridgehead atoms. The average molecular weight is 602 g/mol. The van der Waals surface area contributed by atoms with Crippen LogP contribution in [0.15, 0.2) is 78.4 Å². The molecule has 2 atom stereocenters. The molecule has 0 aliphatic rings. The molecule has 2 amide bonds. The van der Waals surface area contributed by atoms with Crippen LogP contribution >= 0.6 is 11.3 Å². The number of nitrogens with one attached hydrogen (secondary N) is 1. The number of hydrogen-bond acceptors (Lipinski definition) is 8. The van der Waals surface area contributed by atoms with Crippen LogP contribution in [0.5, 0.6) is 0 Å². The Kier molecular flexibility index (Phi) is 10.3. The van der Waals surface area contributed by atoms with Crippen LogP contribution in [-0.4, -0.2) is 63.6 Å². The number of carbonyl (C=O) groups excluding carboxylic acids is 2. The molecule has 2 aromatic heterocycles. The molecule has 4 rings (SSSR count). The van der Waals surface area contributed by atoms with Gasteiger partial charge in [0.05, 0.1) is 42.4 Å². The van der Waals surface area contributed by atoms with E-state index in [1.54, 1.807) is 49.8 Å². The Balaban J connectivity index is 1.54. The summed E-state index contributed by atoms with van der Waals surface area (Å²) in [4.78, 5) is 39.0. The summed E-state index contributed by atoms with van der Waals surface area (Å²) in [5, 5.41) is 26.4. The molecule has 0 aliphatic heterocycles. The summed E-state index contributed by atoms with van der Waals surface area (Å²) >= 11 is 1.37. The van der Waals surface area contributed by atoms with E-state index in [1.165, 1.54) is 16.2 Å². The highest BCUT2D eigenvalue weighted by atomic mass is 32.1. The van der Waals surface area contributed by atoms with Gasteiger partial charge < -0.3 is 25.3 Å². The van der Waals surface area contributed by atoms with Crippen molar-refractivity contribution in [2.45, 2.75) is 51.5 Å². The molecule has 0 radical (unpaired) electrons. The zero-order chi connectivity index (χ0) is 31.1. The van der Waals surface area contributed by atoms with E-state index in [1.807, 2.05) is 48.5 Å². The maximum absolute atomic E-state index is 13.7. The highest BCUT2D eigenvalue weighted by Crippen LogP contribution is 2.28. The molecule has 0 unspecified atom stereocenters. The van der Waals surface area contributed by atoms with E-state index in [0.717, 1.165) is 16.8 Å². The Bertz CT molecular complexity index is 1540. The maximum Gasteiger partial charge on any atom is 0.253 e. The first-order valence-corrected chi connectivity index (χ1v) is 15.0. The summed E-state index contributed by atoms with van der Waals surface area (Å²) in [7, 11) is 3.56. The quantitative estimate of drug-likeness (QED) is 0.218. The van der Waals surface area contributed by atoms with Crippen molar-refractivity contribution >= 4 is 28.8 Å². The number of anilines is 1. The molecule has 2 heterocycles. The lowest BCUT2D eigenvalue weighted by atomic mass is 9.85. The second-order valence-corrected chi connectivity index (χ2v) is 12.1. The highest BCUT2D eigenvalue weighted by Gasteiger charge is 2.37. The van der Waals surface area contributed by atoms with E-state index in [9.17, 15) is 19.8 Å². The van der Waals surface area contributed by atoms with Crippen molar-refractivity contribution in [3.8, 4) is 0 Å². The number of likely N-dealkylation sites (N-methyl/N-ethyl adjacent to an activating group) is 1. The van der Waals surface area contributed by atoms with Crippen LogP contribution in [0, 0.1) is 0 Å². The number of pyridine rings is 1. The number of thiazole rings is 1. The minimum Gasteiger partial charge on any atom is -0.390 e. The normalized spacial score (nSPS) is 13.3. The van der Waals surface area contributed by atoms with Gasteiger partial charge in [0.15, 0.2) is 0 Å². The Morgan fingerprint density at radius 3 is 2.42 bits per heavy atom. The fourth-order valence-corrected chi connectivity index (χ4v) is 5.58. The molecule has 0 fully saturated rings. The van der Waals surface area contributed by atoms with Gasteiger partial charge in [0.1, 0.15) is 5.01 Å². The molecule has 0 saturated carbocycles. The maximum atomic E-state index is 13.7. The van der Waals surface area contributed by atoms with Gasteiger partial charge in [0.25, 0.3) is 11.8 Å². The monoisotopic (exact) mass is 601 g/mol. The fraction of sp³-hybridized carbons (Fsp3) is 0.333. The standard InChI is InChI=1S/C33H39N5O4S/c1-22(2)25-15-28(17-34-16-25)37(4)18-29(40)33(3,26-12-7-6-8-13-26)36-31(41)23-10-9-11-24(14-23)32(42)38(5)19-30-35-27(20-39)21-43-30/h6-17,21-22,29,39-40H,18-20H2,1-5H3,(H,36,41)/t29-,33+/m1/s1. The van der Waals surface area contributed by atoms with Gasteiger partial charge in [-0.05, 0) is 48.2 Å². The summed E-state index contributed by atoms with van der Waals surface area (Å²) in [5.41, 5.74) is 2.78. The van der Waals surface area contributed by atoms with E-state index in [0.29, 0.717) is 27.7 Å². The molecule has 0 aliphatic carbocycles. The van der Waals surface area contributed by atoms with Gasteiger partial charge >= 0.3 is 0 Å². The third-order valence-electron chi connectivity index (χ3n) is 7.56. The molecule has 226 valence electrons. The first-order chi connectivity index (χ1) is 20.5. The molecule has 4 aromatic rings. The SMILES string of the molecule is CC(C)c1cncc(N(C)C[C@@H](O)[C@@](C)(NC(=O)c2cccc(C(=O)N(C)Cc3nc(CO)cs3)c2)c2ccccc2)c1. The predicted octanol–water partition coefficient (Wildman–Crippen LogP) is 4.57. The van der Waals surface area contributed by atoms with Crippen LogP contribution in [0.1, 0.15) is 69.2 Å². The topological polar surface area (TPSA) is 119 Å². The van der Waals surface area contributed by atoms with Crippen molar-refractivity contribution < 1.29 is 19.8 Å². The minimum absolute atomic E-state index is 0.152. The zero-order valence-corrected chi connectivity index (χ0v) is 26.0. The Morgan fingerprint density at radius 2 is 1.74 bits per heavy atom. The molecular weight excluding hydrogens is 562 g/mol. The van der Waals surface area contributed by atoms with Crippen molar-refractivity contribution in [1.82, 2.24) is 20.2 Å². The van der Waals surface area contributed by atoms with Crippen molar-refractivity contribution in [3.05, 3.63) is 111 Å². The lowest BCUT2D eigenvalue weighted by Crippen LogP contribution is -2.55. The number of benzene rings is 2. The molecule has 10 heteroatoms. The van der Waals surface area contributed by atoms with Crippen molar-refractivity contribution in [1.29, 1.82) is 0 Å². The Morgan fingerprint density at radius 1 is 1.02 bits per heavy atom. The lowest BCUT2D eigenvalue weighted by Gasteiger charge is -2.38. The summed E-state index contributed by atoms with van der Waals surface area (Å²) in [6.07, 6.45) is 2.61. The largest absolute Gasteiger partial charge is 0.390 e. The number of aromatic nitrogens is 2. The minimum atomic E-state index is -1.15. The van der Waals surface area contributed by atoms with Gasteiger partial charge in [-0.1, -0.05) is 50.2 Å². The molecule has 0 spiro atoms. The third-order valence-corrected chi connectivity index (χ3v) is 8.45. The van der Waals surface area contributed by atoms with Crippen LogP contribution < -0.4 is 10.2 Å². The van der Waals surface area contributed by atoms with Crippen molar-refractivity contribution in [2.75, 3.05) is 25.5 Å². The van der Waals surface area contributed by atoms with E-state index >= 15 is 0 Å². The zero-order valence-electron chi connectivity index (χ0n) is 25.2. The number of amides is 2. The van der Waals surface area contributed by atoms with Crippen LogP contribution in [0.3, 0.4) is 0 Å². The van der Waals surface area contributed by atoms with E-state index < -0.39 is 17.6 Å². The van der Waals surface area contributed by atoms with Crippen LogP contribution in [0.2, 0.25) is 0 Å². The molecule has 43 heavy (non-hydrogen) atoms. The van der Waals surface area contributed by atoms with Gasteiger partial charge in [-0.3, -0.25) is 14.6 Å². The van der Waals surface area contributed by atoms with Crippen LogP contribution in [0.4, 0.5) is 5.69 Å². The summed E-state index contributed by atoms with van der Waals surface area (Å²) in [5.74, 6) is -0.366. The fourth-order valence-electron chi connectivity index (χ4n) is 4.74. The number of aliphatic hydroxyl groups is 2. The first-order valence-electron chi connectivity index (χ1n) is 14.1. The molecule has 9 nitrogen and oxygen atoms in total. The van der Waals surface area contributed by atoms with Gasteiger partial charge in [-0.25, -0.2) is 4.98 Å². The molecule has 0 saturated heterocycles. The highest BCUT2D eigenvalue weighted by molar-refractivity contribution is 7.09. The van der Waals surface area contributed by atoms with E-state index in [4.69, 9.17) is 0 Å². The van der Waals surface area contributed by atoms with Gasteiger partial charge in [-0.15, -0.1) is 11.3 Å². The number of hydrogen-bond donors (Lipinski definition) is 3. The summed E-state index contributed by atoms with van der Waals surface area (Å²) < 4.78 is 0. The molecular formula is C33H39N5O4S. The van der Waals surface area contributed by atoms with Crippen LogP contribution in [-0.2, 0) is 18.7 Å². The molecule has 3 N–H and O–H groups in total. The van der Waals surface area contributed by atoms with E-state index in [-0.39, 0.29) is 25.6 Å². The molecule has 2 aromatic carbocycles. The third kappa shape index (κ3) is 7.64. The van der Waals surface area contributed by atoms with Gasteiger partial charge in [0.2, 0.25) is 0 Å². The Hall–Kier alpha value is -4.12. The van der Waals surface area contributed by atoms with Crippen LogP contribution in [0.25, 0.3) is 0 Å². The predicted molar refractivity (Wildman–Crippen MR) is 169 cm³/mol. The van der Waals surface area contributed by atoms with E-state index in [2.05, 4.69) is 35.2 Å². The summed E-state index contributed by atoms with van der Waals surface area (Å²) in [6.45, 7) is 6.37. The summed E-state index contributed by atoms with van der Waals surface area (Å²) in [6, 6.07) is 18.0. The average Bonchev–Trinajstić information content (AvgIpc) is 3.48. The smallest absolute Gasteiger partial charge is 0.253 e. The van der Waals surface area contributed by atoms with Gasteiger partial charge in [-0.2, -0.15) is 0 Å². The van der Waals surface area contributed by atoms with Gasteiger partial charge in [0, 0.05) is 43.3 Å². The second-order valence-electron chi connectivity index (χ2n) is 11.2. The van der Waals surface area contributed by atoms with Crippen molar-refractivity contribution in [2.24, 2.45) is 0 Å². The second kappa shape index (κ2) is 13.9. The number of rotatable bonds is 12. The van der Waals surface area contributed by atoms with Crippen molar-refractivity contribution in [3.63, 3.8) is 0 Å². The first kappa shape index (κ1) is 31.8. The number of nitrogens with zero attached hydrogens (tertiary/aromatic N) is 4. The number of carbonyl (C=O) groups is 2. The Labute approximate surface area is 256 Å².